The molecule has 2 atom stereocenters. The fraction of sp³-hybridized carbons (Fsp3) is 0.333. The summed E-state index contributed by atoms with van der Waals surface area (Å²) < 4.78 is 0. The number of nitrogens with zero attached hydrogens (tertiary/aromatic N) is 1. The lowest BCUT2D eigenvalue weighted by atomic mass is 10.1. The van der Waals surface area contributed by atoms with Crippen LogP contribution in [0.25, 0.3) is 0 Å². The number of benzene rings is 2. The average molecular weight is 349 g/mol. The molecule has 2 aromatic rings. The molecule has 1 aliphatic heterocycles. The lowest BCUT2D eigenvalue weighted by molar-refractivity contribution is -0.119. The maximum absolute atomic E-state index is 12.7. The molecule has 2 amide bonds. The molecule has 3 N–H and O–H groups in total. The molecule has 5 nitrogen and oxygen atoms in total. The predicted molar refractivity (Wildman–Crippen MR) is 101 cm³/mol. The summed E-state index contributed by atoms with van der Waals surface area (Å²) in [4.78, 5) is 26.5. The zero-order chi connectivity index (χ0) is 18.1. The zero-order valence-electron chi connectivity index (χ0n) is 14.7. The summed E-state index contributed by atoms with van der Waals surface area (Å²) in [5.41, 5.74) is 9.97. The fourth-order valence-corrected chi connectivity index (χ4v) is 3.91. The number of nitrogens with one attached hydrogen (secondary N) is 1. The summed E-state index contributed by atoms with van der Waals surface area (Å²) in [6.45, 7) is 0.748. The summed E-state index contributed by atoms with van der Waals surface area (Å²) in [7, 11) is 0. The third-order valence-corrected chi connectivity index (χ3v) is 5.33. The Hall–Kier alpha value is -2.66. The lowest BCUT2D eigenvalue weighted by Crippen LogP contribution is -2.38. The van der Waals surface area contributed by atoms with Crippen LogP contribution in [-0.4, -0.2) is 24.4 Å². The van der Waals surface area contributed by atoms with Crippen LogP contribution in [-0.2, 0) is 11.2 Å². The number of rotatable bonds is 3. The van der Waals surface area contributed by atoms with Gasteiger partial charge in [0, 0.05) is 30.3 Å². The summed E-state index contributed by atoms with van der Waals surface area (Å²) >= 11 is 0. The molecule has 0 spiro atoms. The minimum atomic E-state index is -0.165. The molecule has 2 unspecified atom stereocenters. The van der Waals surface area contributed by atoms with Crippen LogP contribution in [0.1, 0.15) is 46.8 Å². The van der Waals surface area contributed by atoms with Gasteiger partial charge in [0.05, 0.1) is 6.04 Å². The molecule has 2 aliphatic rings. The van der Waals surface area contributed by atoms with Crippen LogP contribution in [0.3, 0.4) is 0 Å². The molecule has 1 aliphatic carbocycles. The van der Waals surface area contributed by atoms with Crippen molar-refractivity contribution < 1.29 is 9.59 Å². The van der Waals surface area contributed by atoms with Gasteiger partial charge in [-0.1, -0.05) is 24.3 Å². The van der Waals surface area contributed by atoms with Gasteiger partial charge in [0.1, 0.15) is 0 Å². The Morgan fingerprint density at radius 2 is 1.85 bits per heavy atom. The SMILES string of the molecule is NC1Cc2ccccc2C1NC(=O)c1ccc(N2CCCCC2=O)cc1. The molecule has 5 heteroatoms. The van der Waals surface area contributed by atoms with E-state index in [1.54, 1.807) is 17.0 Å². The largest absolute Gasteiger partial charge is 0.344 e. The molecule has 0 bridgehead atoms. The molecule has 1 saturated heterocycles. The maximum Gasteiger partial charge on any atom is 0.251 e. The highest BCUT2D eigenvalue weighted by molar-refractivity contribution is 5.97. The Balaban J connectivity index is 1.48. The summed E-state index contributed by atoms with van der Waals surface area (Å²) in [6, 6.07) is 15.0. The highest BCUT2D eigenvalue weighted by Gasteiger charge is 2.31. The standard InChI is InChI=1S/C21H23N3O2/c22-18-13-15-5-1-2-6-17(15)20(18)23-21(26)14-8-10-16(11-9-14)24-12-4-3-7-19(24)25/h1-2,5-6,8-11,18,20H,3-4,7,12-13,22H2,(H,23,26). The normalized spacial score (nSPS) is 22.2. The van der Waals surface area contributed by atoms with Gasteiger partial charge in [0.15, 0.2) is 0 Å². The van der Waals surface area contributed by atoms with Crippen LogP contribution in [0.15, 0.2) is 48.5 Å². The Morgan fingerprint density at radius 1 is 1.08 bits per heavy atom. The first-order valence-corrected chi connectivity index (χ1v) is 9.18. The van der Waals surface area contributed by atoms with Gasteiger partial charge in [0.2, 0.25) is 5.91 Å². The highest BCUT2D eigenvalue weighted by Crippen LogP contribution is 2.30. The third-order valence-electron chi connectivity index (χ3n) is 5.33. The molecule has 1 fully saturated rings. The Morgan fingerprint density at radius 3 is 2.62 bits per heavy atom. The smallest absolute Gasteiger partial charge is 0.251 e. The summed E-state index contributed by atoms with van der Waals surface area (Å²) in [6.07, 6.45) is 3.35. The number of amides is 2. The number of hydrogen-bond donors (Lipinski definition) is 2. The van der Waals surface area contributed by atoms with Gasteiger partial charge in [-0.2, -0.15) is 0 Å². The Labute approximate surface area is 153 Å². The van der Waals surface area contributed by atoms with E-state index in [9.17, 15) is 9.59 Å². The van der Waals surface area contributed by atoms with Gasteiger partial charge in [-0.3, -0.25) is 9.59 Å². The van der Waals surface area contributed by atoms with Crippen LogP contribution in [0, 0.1) is 0 Å². The van der Waals surface area contributed by atoms with Crippen molar-refractivity contribution >= 4 is 17.5 Å². The number of anilines is 1. The van der Waals surface area contributed by atoms with Gasteiger partial charge >= 0.3 is 0 Å². The van der Waals surface area contributed by atoms with E-state index >= 15 is 0 Å². The molecular formula is C21H23N3O2. The van der Waals surface area contributed by atoms with Crippen molar-refractivity contribution in [2.45, 2.75) is 37.8 Å². The van der Waals surface area contributed by atoms with Gasteiger partial charge in [-0.05, 0) is 54.7 Å². The minimum absolute atomic E-state index is 0.110. The van der Waals surface area contributed by atoms with Crippen LogP contribution in [0.2, 0.25) is 0 Å². The van der Waals surface area contributed by atoms with E-state index < -0.39 is 0 Å². The van der Waals surface area contributed by atoms with Crippen molar-refractivity contribution in [1.29, 1.82) is 0 Å². The Bertz CT molecular complexity index is 831. The molecular weight excluding hydrogens is 326 g/mol. The first kappa shape index (κ1) is 16.8. The molecule has 0 radical (unpaired) electrons. The number of hydrogen-bond acceptors (Lipinski definition) is 3. The molecule has 2 aromatic carbocycles. The quantitative estimate of drug-likeness (QED) is 0.894. The van der Waals surface area contributed by atoms with Gasteiger partial charge in [-0.25, -0.2) is 0 Å². The lowest BCUT2D eigenvalue weighted by Gasteiger charge is -2.27. The third kappa shape index (κ3) is 3.10. The fourth-order valence-electron chi connectivity index (χ4n) is 3.91. The van der Waals surface area contributed by atoms with Crippen LogP contribution < -0.4 is 16.0 Å². The first-order chi connectivity index (χ1) is 12.6. The van der Waals surface area contributed by atoms with Gasteiger partial charge in [-0.15, -0.1) is 0 Å². The van der Waals surface area contributed by atoms with Crippen LogP contribution in [0.4, 0.5) is 5.69 Å². The van der Waals surface area contributed by atoms with Crippen molar-refractivity contribution in [2.75, 3.05) is 11.4 Å². The van der Waals surface area contributed by atoms with Gasteiger partial charge < -0.3 is 16.0 Å². The molecule has 4 rings (SSSR count). The van der Waals surface area contributed by atoms with Crippen molar-refractivity contribution in [3.05, 3.63) is 65.2 Å². The average Bonchev–Trinajstić information content (AvgIpc) is 2.98. The monoisotopic (exact) mass is 349 g/mol. The van der Waals surface area contributed by atoms with Crippen molar-refractivity contribution in [3.8, 4) is 0 Å². The number of fused-ring (bicyclic) bond motifs is 1. The van der Waals surface area contributed by atoms with E-state index in [2.05, 4.69) is 11.4 Å². The molecule has 0 aromatic heterocycles. The van der Waals surface area contributed by atoms with E-state index in [0.717, 1.165) is 37.1 Å². The topological polar surface area (TPSA) is 75.4 Å². The summed E-state index contributed by atoms with van der Waals surface area (Å²) in [5.74, 6) is 0.0145. The second kappa shape index (κ2) is 6.92. The number of piperidine rings is 1. The van der Waals surface area contributed by atoms with E-state index in [1.165, 1.54) is 5.56 Å². The Kier molecular flexibility index (Phi) is 4.47. The van der Waals surface area contributed by atoms with E-state index in [1.807, 2.05) is 30.3 Å². The maximum atomic E-state index is 12.7. The van der Waals surface area contributed by atoms with Crippen molar-refractivity contribution in [3.63, 3.8) is 0 Å². The van der Waals surface area contributed by atoms with E-state index in [4.69, 9.17) is 5.73 Å². The van der Waals surface area contributed by atoms with Crippen LogP contribution >= 0.6 is 0 Å². The molecule has 1 heterocycles. The minimum Gasteiger partial charge on any atom is -0.344 e. The van der Waals surface area contributed by atoms with E-state index in [-0.39, 0.29) is 23.9 Å². The van der Waals surface area contributed by atoms with E-state index in [0.29, 0.717) is 12.0 Å². The zero-order valence-corrected chi connectivity index (χ0v) is 14.7. The molecule has 0 saturated carbocycles. The van der Waals surface area contributed by atoms with Crippen molar-refractivity contribution in [2.24, 2.45) is 5.73 Å². The van der Waals surface area contributed by atoms with Crippen LogP contribution in [0.5, 0.6) is 0 Å². The molecule has 26 heavy (non-hydrogen) atoms. The second-order valence-corrected chi connectivity index (χ2v) is 7.07. The number of carbonyl (C=O) groups is 2. The molecule has 134 valence electrons. The number of carbonyl (C=O) groups excluding carboxylic acids is 2. The highest BCUT2D eigenvalue weighted by atomic mass is 16.2. The second-order valence-electron chi connectivity index (χ2n) is 7.07. The number of nitrogens with two attached hydrogens (primary N) is 1. The van der Waals surface area contributed by atoms with Crippen molar-refractivity contribution in [1.82, 2.24) is 5.32 Å². The summed E-state index contributed by atoms with van der Waals surface area (Å²) in [5, 5.41) is 3.06. The first-order valence-electron chi connectivity index (χ1n) is 9.18. The van der Waals surface area contributed by atoms with Gasteiger partial charge in [0.25, 0.3) is 5.91 Å². The predicted octanol–water partition coefficient (Wildman–Crippen LogP) is 2.56.